The van der Waals surface area contributed by atoms with Crippen molar-refractivity contribution in [2.45, 2.75) is 106 Å². The van der Waals surface area contributed by atoms with Crippen LogP contribution >= 0.6 is 0 Å². The van der Waals surface area contributed by atoms with Crippen molar-refractivity contribution in [3.8, 4) is 0 Å². The molecule has 0 N–H and O–H groups in total. The maximum atomic E-state index is 4.67. The van der Waals surface area contributed by atoms with E-state index < -0.39 is 0 Å². The third-order valence-electron chi connectivity index (χ3n) is 8.36. The molecule has 1 aliphatic carbocycles. The molecule has 2 aliphatic rings. The number of hydrogen-bond acceptors (Lipinski definition) is 1. The van der Waals surface area contributed by atoms with Crippen LogP contribution in [0.25, 0.3) is 0 Å². The molecule has 34 heavy (non-hydrogen) atoms. The van der Waals surface area contributed by atoms with E-state index in [0.29, 0.717) is 18.0 Å². The van der Waals surface area contributed by atoms with E-state index in [0.717, 1.165) is 16.8 Å². The van der Waals surface area contributed by atoms with Crippen LogP contribution in [-0.2, 0) is 0 Å². The molecule has 3 heteroatoms. The first-order valence-corrected chi connectivity index (χ1v) is 12.8. The van der Waals surface area contributed by atoms with Gasteiger partial charge in [0.2, 0.25) is 0 Å². The molecule has 2 rings (SSSR count). The van der Waals surface area contributed by atoms with Gasteiger partial charge in [-0.25, -0.2) is 9.48 Å². The first-order chi connectivity index (χ1) is 15.4. The summed E-state index contributed by atoms with van der Waals surface area (Å²) in [4.78, 5) is 2.65. The number of rotatable bonds is 9. The van der Waals surface area contributed by atoms with Crippen LogP contribution in [0.4, 0.5) is 0 Å². The van der Waals surface area contributed by atoms with Crippen molar-refractivity contribution in [2.24, 2.45) is 16.7 Å². The Kier molecular flexibility index (Phi) is 7.27. The minimum atomic E-state index is -0.339. The van der Waals surface area contributed by atoms with Crippen LogP contribution in [-0.4, -0.2) is 49.9 Å². The number of hydrogen-bond donors (Lipinski definition) is 0. The third-order valence-corrected chi connectivity index (χ3v) is 8.36. The predicted molar refractivity (Wildman–Crippen MR) is 150 cm³/mol. The molecule has 0 aromatic heterocycles. The molecule has 1 fully saturated rings. The predicted octanol–water partition coefficient (Wildman–Crippen LogP) is 7.18. The SMILES string of the molecule is C=C(/C=C\C)[N+](=C)C1(C)C(C)(C(=C)/C=C\C(=C)C(C)(C)C)C12N(C(C)C)C(C(C)C)=[N+]2C(C)C. The summed E-state index contributed by atoms with van der Waals surface area (Å²) in [7, 11) is 0. The third kappa shape index (κ3) is 3.45. The van der Waals surface area contributed by atoms with Gasteiger partial charge in [-0.05, 0) is 64.7 Å². The Bertz CT molecular complexity index is 994. The van der Waals surface area contributed by atoms with Gasteiger partial charge in [0.25, 0.3) is 11.4 Å². The normalized spacial score (nSPS) is 29.2. The van der Waals surface area contributed by atoms with Gasteiger partial charge >= 0.3 is 5.66 Å². The summed E-state index contributed by atoms with van der Waals surface area (Å²) in [5.74, 6) is 1.83. The van der Waals surface area contributed by atoms with Gasteiger partial charge in [0.15, 0.2) is 11.1 Å². The van der Waals surface area contributed by atoms with Gasteiger partial charge in [0.1, 0.15) is 6.72 Å². The monoisotopic (exact) mass is 465 g/mol. The lowest BCUT2D eigenvalue weighted by Gasteiger charge is -2.46. The first-order valence-electron chi connectivity index (χ1n) is 12.8. The van der Waals surface area contributed by atoms with Crippen LogP contribution < -0.4 is 0 Å². The van der Waals surface area contributed by atoms with Crippen LogP contribution in [0.1, 0.15) is 83.1 Å². The summed E-state index contributed by atoms with van der Waals surface area (Å²) in [6.07, 6.45) is 8.43. The van der Waals surface area contributed by atoms with Gasteiger partial charge in [-0.3, -0.25) is 0 Å². The van der Waals surface area contributed by atoms with Crippen molar-refractivity contribution in [1.29, 1.82) is 0 Å². The fraction of sp³-hybridized carbons (Fsp3) is 0.613. The maximum Gasteiger partial charge on any atom is 0.327 e. The van der Waals surface area contributed by atoms with Gasteiger partial charge in [-0.15, -0.1) is 0 Å². The fourth-order valence-electron chi connectivity index (χ4n) is 6.33. The van der Waals surface area contributed by atoms with Gasteiger partial charge in [0.05, 0.1) is 18.0 Å². The molecule has 0 saturated heterocycles. The average molecular weight is 466 g/mol. The fourth-order valence-corrected chi connectivity index (χ4v) is 6.33. The van der Waals surface area contributed by atoms with Crippen LogP contribution in [0.15, 0.2) is 60.9 Å². The van der Waals surface area contributed by atoms with Gasteiger partial charge in [-0.2, -0.15) is 4.58 Å². The summed E-state index contributed by atoms with van der Waals surface area (Å²) in [5.41, 5.74) is 2.23. The van der Waals surface area contributed by atoms with Crippen molar-refractivity contribution in [2.75, 3.05) is 0 Å². The van der Waals surface area contributed by atoms with E-state index >= 15 is 0 Å². The second kappa shape index (κ2) is 8.81. The molecule has 1 heterocycles. The van der Waals surface area contributed by atoms with E-state index in [1.807, 2.05) is 13.0 Å². The van der Waals surface area contributed by atoms with E-state index in [-0.39, 0.29) is 22.0 Å². The van der Waals surface area contributed by atoms with E-state index in [2.05, 4.69) is 135 Å². The maximum absolute atomic E-state index is 4.67. The lowest BCUT2D eigenvalue weighted by atomic mass is 9.85. The first kappa shape index (κ1) is 28.1. The molecule has 0 aromatic rings. The van der Waals surface area contributed by atoms with Crippen molar-refractivity contribution < 1.29 is 9.15 Å². The zero-order valence-corrected chi connectivity index (χ0v) is 24.2. The Hall–Kier alpha value is -2.16. The lowest BCUT2D eigenvalue weighted by Crippen LogP contribution is -2.73. The smallest absolute Gasteiger partial charge is 0.214 e. The van der Waals surface area contributed by atoms with Crippen LogP contribution in [0.2, 0.25) is 0 Å². The minimum absolute atomic E-state index is 0.0176. The molecule has 3 nitrogen and oxygen atoms in total. The Balaban J connectivity index is 2.83. The molecule has 0 aromatic carbocycles. The second-order valence-corrected chi connectivity index (χ2v) is 12.4. The van der Waals surface area contributed by atoms with E-state index in [9.17, 15) is 0 Å². The van der Waals surface area contributed by atoms with Gasteiger partial charge < -0.3 is 0 Å². The Labute approximate surface area is 210 Å². The summed E-state index contributed by atoms with van der Waals surface area (Å²) >= 11 is 0. The highest BCUT2D eigenvalue weighted by atomic mass is 15.6. The van der Waals surface area contributed by atoms with E-state index in [1.165, 1.54) is 5.84 Å². The molecule has 188 valence electrons. The van der Waals surface area contributed by atoms with Crippen molar-refractivity contribution in [3.63, 3.8) is 0 Å². The molecule has 0 radical (unpaired) electrons. The average Bonchev–Trinajstić information content (AvgIpc) is 3.16. The van der Waals surface area contributed by atoms with Gasteiger partial charge in [-0.1, -0.05) is 66.0 Å². The van der Waals surface area contributed by atoms with Crippen LogP contribution in [0.3, 0.4) is 0 Å². The van der Waals surface area contributed by atoms with E-state index in [1.54, 1.807) is 0 Å². The van der Waals surface area contributed by atoms with Crippen molar-refractivity contribution >= 4 is 12.6 Å². The largest absolute Gasteiger partial charge is 0.327 e. The quantitative estimate of drug-likeness (QED) is 0.199. The van der Waals surface area contributed by atoms with E-state index in [4.69, 9.17) is 0 Å². The zero-order chi connectivity index (χ0) is 26.6. The standard InChI is InChI=1S/C31H51N3/c1-17-18-26(10)32(16)30(15)29(14,25(9)20-19-24(8)28(11,12)13)31(30)33(22(4)5)27(21(2)3)34(31)23(6)7/h17-23H,8-10,16H2,1-7,11-15H3/q+2/b18-17-,20-19-. The summed E-state index contributed by atoms with van der Waals surface area (Å²) in [6.45, 7) is 45.1. The summed E-state index contributed by atoms with van der Waals surface area (Å²) < 4.78 is 4.79. The van der Waals surface area contributed by atoms with Crippen LogP contribution in [0, 0.1) is 16.7 Å². The Morgan fingerprint density at radius 3 is 1.88 bits per heavy atom. The molecule has 0 amide bonds. The molecule has 0 bridgehead atoms. The molecule has 1 aliphatic heterocycles. The summed E-state index contributed by atoms with van der Waals surface area (Å²) in [6, 6.07) is 0.691. The highest BCUT2D eigenvalue weighted by Gasteiger charge is 3.05. The highest BCUT2D eigenvalue weighted by molar-refractivity contribution is 5.86. The van der Waals surface area contributed by atoms with Crippen molar-refractivity contribution in [3.05, 3.63) is 60.9 Å². The molecular weight excluding hydrogens is 414 g/mol. The second-order valence-electron chi connectivity index (χ2n) is 12.4. The number of nitrogens with zero attached hydrogens (tertiary/aromatic N) is 3. The minimum Gasteiger partial charge on any atom is -0.214 e. The molecule has 3 unspecified atom stereocenters. The Morgan fingerprint density at radius 1 is 0.971 bits per heavy atom. The highest BCUT2D eigenvalue weighted by Crippen LogP contribution is 2.77. The molecule has 1 saturated carbocycles. The zero-order valence-electron chi connectivity index (χ0n) is 24.2. The van der Waals surface area contributed by atoms with Crippen molar-refractivity contribution in [1.82, 2.24) is 4.90 Å². The molecule has 3 atom stereocenters. The lowest BCUT2D eigenvalue weighted by molar-refractivity contribution is -0.708. The molecule has 1 spiro atoms. The summed E-state index contributed by atoms with van der Waals surface area (Å²) in [5, 5.41) is 0. The van der Waals surface area contributed by atoms with Gasteiger partial charge in [0, 0.05) is 13.0 Å². The molecular formula is C31H51N3+2. The number of allylic oxidation sites excluding steroid dienone is 5. The topological polar surface area (TPSA) is 9.26 Å². The Morgan fingerprint density at radius 2 is 1.50 bits per heavy atom. The number of amidine groups is 1. The van der Waals surface area contributed by atoms with Crippen LogP contribution in [0.5, 0.6) is 0 Å².